The van der Waals surface area contributed by atoms with Crippen molar-refractivity contribution in [1.29, 1.82) is 0 Å². The van der Waals surface area contributed by atoms with Crippen LogP contribution in [0.1, 0.15) is 24.5 Å². The molecule has 0 spiro atoms. The summed E-state index contributed by atoms with van der Waals surface area (Å²) < 4.78 is 5.43. The van der Waals surface area contributed by atoms with Crippen molar-refractivity contribution in [3.63, 3.8) is 0 Å². The molecule has 0 aliphatic carbocycles. The van der Waals surface area contributed by atoms with Crippen LogP contribution in [0.3, 0.4) is 0 Å². The predicted molar refractivity (Wildman–Crippen MR) is 84.1 cm³/mol. The number of para-hydroxylation sites is 1. The Hall–Kier alpha value is -1.80. The van der Waals surface area contributed by atoms with E-state index in [2.05, 4.69) is 37.3 Å². The summed E-state index contributed by atoms with van der Waals surface area (Å²) in [6, 6.07) is 18.6. The second kappa shape index (κ2) is 6.58. The molecule has 0 bridgehead atoms. The summed E-state index contributed by atoms with van der Waals surface area (Å²) >= 11 is 0. The monoisotopic (exact) mass is 269 g/mol. The fourth-order valence-electron chi connectivity index (χ4n) is 2.54. The first-order chi connectivity index (χ1) is 9.67. The zero-order valence-electron chi connectivity index (χ0n) is 12.3. The van der Waals surface area contributed by atoms with E-state index in [1.54, 1.807) is 7.11 Å². The molecule has 2 aromatic rings. The molecule has 0 heterocycles. The normalized spacial score (nSPS) is 13.8. The lowest BCUT2D eigenvalue weighted by atomic mass is 9.83. The summed E-state index contributed by atoms with van der Waals surface area (Å²) in [6.45, 7) is 2.15. The second-order valence-corrected chi connectivity index (χ2v) is 5.37. The largest absolute Gasteiger partial charge is 0.496 e. The van der Waals surface area contributed by atoms with Gasteiger partial charge < -0.3 is 10.5 Å². The van der Waals surface area contributed by atoms with E-state index < -0.39 is 0 Å². The molecule has 1 atom stereocenters. The summed E-state index contributed by atoms with van der Waals surface area (Å²) in [5, 5.41) is 0. The number of nitrogens with two attached hydrogens (primary N) is 1. The number of hydrogen-bond donors (Lipinski definition) is 1. The van der Waals surface area contributed by atoms with Crippen molar-refractivity contribution in [2.75, 3.05) is 7.11 Å². The van der Waals surface area contributed by atoms with Crippen molar-refractivity contribution in [3.8, 4) is 5.75 Å². The van der Waals surface area contributed by atoms with Crippen molar-refractivity contribution in [1.82, 2.24) is 0 Å². The molecule has 0 aliphatic heterocycles. The first-order valence-electron chi connectivity index (χ1n) is 7.11. The van der Waals surface area contributed by atoms with Gasteiger partial charge in [0.15, 0.2) is 0 Å². The molecule has 2 rings (SSSR count). The molecule has 0 aromatic heterocycles. The van der Waals surface area contributed by atoms with E-state index in [1.807, 2.05) is 24.3 Å². The van der Waals surface area contributed by atoms with Crippen LogP contribution < -0.4 is 10.5 Å². The maximum Gasteiger partial charge on any atom is 0.122 e. The van der Waals surface area contributed by atoms with E-state index in [9.17, 15) is 0 Å². The standard InChI is InChI=1S/C18H23NO/c1-3-18(19,13-15-9-5-4-6-10-15)14-16-11-7-8-12-17(16)20-2/h4-12H,3,13-14,19H2,1-2H3. The SMILES string of the molecule is CCC(N)(Cc1ccccc1)Cc1ccccc1OC. The lowest BCUT2D eigenvalue weighted by molar-refractivity contribution is 0.378. The van der Waals surface area contributed by atoms with Gasteiger partial charge in [0.2, 0.25) is 0 Å². The molecule has 0 amide bonds. The van der Waals surface area contributed by atoms with Gasteiger partial charge in [0.05, 0.1) is 7.11 Å². The minimum Gasteiger partial charge on any atom is -0.496 e. The van der Waals surface area contributed by atoms with Gasteiger partial charge in [-0.15, -0.1) is 0 Å². The summed E-state index contributed by atoms with van der Waals surface area (Å²) in [5.74, 6) is 0.920. The van der Waals surface area contributed by atoms with Crippen LogP contribution in [-0.4, -0.2) is 12.6 Å². The Kier molecular flexibility index (Phi) is 4.80. The van der Waals surface area contributed by atoms with E-state index in [-0.39, 0.29) is 5.54 Å². The van der Waals surface area contributed by atoms with Crippen molar-refractivity contribution < 1.29 is 4.74 Å². The van der Waals surface area contributed by atoms with Gasteiger partial charge in [0.1, 0.15) is 5.75 Å². The number of hydrogen-bond acceptors (Lipinski definition) is 2. The zero-order valence-corrected chi connectivity index (χ0v) is 12.3. The van der Waals surface area contributed by atoms with Gasteiger partial charge in [-0.25, -0.2) is 0 Å². The lowest BCUT2D eigenvalue weighted by Gasteiger charge is -2.29. The molecule has 2 aromatic carbocycles. The van der Waals surface area contributed by atoms with Gasteiger partial charge in [-0.2, -0.15) is 0 Å². The lowest BCUT2D eigenvalue weighted by Crippen LogP contribution is -2.43. The first-order valence-corrected chi connectivity index (χ1v) is 7.11. The maximum atomic E-state index is 6.63. The van der Waals surface area contributed by atoms with Gasteiger partial charge in [-0.3, -0.25) is 0 Å². The minimum atomic E-state index is -0.240. The third-order valence-corrected chi connectivity index (χ3v) is 3.84. The number of ether oxygens (including phenoxy) is 1. The predicted octanol–water partition coefficient (Wildman–Crippen LogP) is 3.59. The fraction of sp³-hybridized carbons (Fsp3) is 0.333. The van der Waals surface area contributed by atoms with Crippen LogP contribution >= 0.6 is 0 Å². The molecular formula is C18H23NO. The zero-order chi connectivity index (χ0) is 14.4. The molecule has 2 nitrogen and oxygen atoms in total. The Balaban J connectivity index is 2.19. The molecule has 0 fully saturated rings. The van der Waals surface area contributed by atoms with Crippen LogP contribution in [0.25, 0.3) is 0 Å². The molecular weight excluding hydrogens is 246 g/mol. The Morgan fingerprint density at radius 3 is 2.25 bits per heavy atom. The van der Waals surface area contributed by atoms with E-state index in [4.69, 9.17) is 10.5 Å². The highest BCUT2D eigenvalue weighted by Gasteiger charge is 2.25. The highest BCUT2D eigenvalue weighted by Crippen LogP contribution is 2.25. The molecule has 2 heteroatoms. The highest BCUT2D eigenvalue weighted by molar-refractivity contribution is 5.35. The van der Waals surface area contributed by atoms with Crippen LogP contribution in [0.15, 0.2) is 54.6 Å². The topological polar surface area (TPSA) is 35.2 Å². The molecule has 20 heavy (non-hydrogen) atoms. The number of benzene rings is 2. The molecule has 1 unspecified atom stereocenters. The summed E-state index contributed by atoms with van der Waals surface area (Å²) in [6.07, 6.45) is 2.63. The summed E-state index contributed by atoms with van der Waals surface area (Å²) in [4.78, 5) is 0. The van der Waals surface area contributed by atoms with Crippen molar-refractivity contribution in [3.05, 3.63) is 65.7 Å². The Labute approximate surface area is 121 Å². The molecule has 0 saturated carbocycles. The number of rotatable bonds is 6. The highest BCUT2D eigenvalue weighted by atomic mass is 16.5. The second-order valence-electron chi connectivity index (χ2n) is 5.37. The average molecular weight is 269 g/mol. The van der Waals surface area contributed by atoms with Gasteiger partial charge in [-0.1, -0.05) is 55.5 Å². The van der Waals surface area contributed by atoms with Crippen molar-refractivity contribution >= 4 is 0 Å². The van der Waals surface area contributed by atoms with Crippen LogP contribution in [-0.2, 0) is 12.8 Å². The van der Waals surface area contributed by atoms with E-state index in [0.717, 1.165) is 25.0 Å². The first kappa shape index (κ1) is 14.6. The quantitative estimate of drug-likeness (QED) is 0.870. The van der Waals surface area contributed by atoms with Gasteiger partial charge in [0.25, 0.3) is 0 Å². The molecule has 0 radical (unpaired) electrons. The van der Waals surface area contributed by atoms with Crippen molar-refractivity contribution in [2.24, 2.45) is 5.73 Å². The average Bonchev–Trinajstić information content (AvgIpc) is 2.49. The third-order valence-electron chi connectivity index (χ3n) is 3.84. The van der Waals surface area contributed by atoms with Crippen LogP contribution in [0.5, 0.6) is 5.75 Å². The summed E-state index contributed by atoms with van der Waals surface area (Å²) in [5.41, 5.74) is 8.85. The van der Waals surface area contributed by atoms with Crippen LogP contribution in [0, 0.1) is 0 Å². The minimum absolute atomic E-state index is 0.240. The Morgan fingerprint density at radius 1 is 0.950 bits per heavy atom. The fourth-order valence-corrected chi connectivity index (χ4v) is 2.54. The van der Waals surface area contributed by atoms with E-state index >= 15 is 0 Å². The molecule has 0 aliphatic rings. The smallest absolute Gasteiger partial charge is 0.122 e. The van der Waals surface area contributed by atoms with Crippen LogP contribution in [0.2, 0.25) is 0 Å². The Bertz CT molecular complexity index is 538. The Morgan fingerprint density at radius 2 is 1.60 bits per heavy atom. The van der Waals surface area contributed by atoms with Gasteiger partial charge in [0, 0.05) is 5.54 Å². The molecule has 2 N–H and O–H groups in total. The summed E-state index contributed by atoms with van der Waals surface area (Å²) in [7, 11) is 1.71. The van der Waals surface area contributed by atoms with Crippen LogP contribution in [0.4, 0.5) is 0 Å². The van der Waals surface area contributed by atoms with E-state index in [1.165, 1.54) is 11.1 Å². The van der Waals surface area contributed by atoms with Crippen molar-refractivity contribution in [2.45, 2.75) is 31.7 Å². The van der Waals surface area contributed by atoms with Gasteiger partial charge >= 0.3 is 0 Å². The molecule has 106 valence electrons. The van der Waals surface area contributed by atoms with E-state index in [0.29, 0.717) is 0 Å². The maximum absolute atomic E-state index is 6.63. The van der Waals surface area contributed by atoms with Gasteiger partial charge in [-0.05, 0) is 36.5 Å². The third kappa shape index (κ3) is 3.61. The number of methoxy groups -OCH3 is 1. The molecule has 0 saturated heterocycles.